The van der Waals surface area contributed by atoms with E-state index >= 15 is 0 Å². The molecule has 23 heavy (non-hydrogen) atoms. The Kier molecular flexibility index (Phi) is 4.49. The van der Waals surface area contributed by atoms with Crippen LogP contribution in [0.25, 0.3) is 11.3 Å². The van der Waals surface area contributed by atoms with Gasteiger partial charge in [0.25, 0.3) is 0 Å². The zero-order valence-electron chi connectivity index (χ0n) is 12.7. The van der Waals surface area contributed by atoms with Crippen LogP contribution < -0.4 is 10.2 Å². The van der Waals surface area contributed by atoms with Crippen LogP contribution in [0.15, 0.2) is 71.7 Å². The number of methoxy groups -OCH3 is 1. The highest BCUT2D eigenvalue weighted by Crippen LogP contribution is 2.22. The van der Waals surface area contributed by atoms with E-state index in [1.54, 1.807) is 19.2 Å². The van der Waals surface area contributed by atoms with Crippen LogP contribution in [0.3, 0.4) is 0 Å². The lowest BCUT2D eigenvalue weighted by atomic mass is 10.1. The van der Waals surface area contributed by atoms with Crippen LogP contribution >= 0.6 is 11.6 Å². The summed E-state index contributed by atoms with van der Waals surface area (Å²) < 4.78 is 7.23. The van der Waals surface area contributed by atoms with Crippen LogP contribution in [0.4, 0.5) is 0 Å². The Morgan fingerprint density at radius 3 is 2.35 bits per heavy atom. The van der Waals surface area contributed by atoms with E-state index in [2.05, 4.69) is 0 Å². The summed E-state index contributed by atoms with van der Waals surface area (Å²) >= 11 is 5.95. The van der Waals surface area contributed by atoms with Crippen molar-refractivity contribution in [2.24, 2.45) is 0 Å². The quantitative estimate of drug-likeness (QED) is 0.719. The molecule has 3 aromatic rings. The van der Waals surface area contributed by atoms with E-state index < -0.39 is 0 Å². The molecule has 4 heteroatoms. The summed E-state index contributed by atoms with van der Waals surface area (Å²) in [6, 6.07) is 18.6. The summed E-state index contributed by atoms with van der Waals surface area (Å²) in [7, 11) is 1.65. The average molecular weight is 326 g/mol. The highest BCUT2D eigenvalue weighted by Gasteiger charge is 2.05. The lowest BCUT2D eigenvalue weighted by Gasteiger charge is -2.14. The van der Waals surface area contributed by atoms with Gasteiger partial charge in [-0.2, -0.15) is 0 Å². The molecule has 0 bridgehead atoms. The van der Waals surface area contributed by atoms with Crippen molar-refractivity contribution in [2.75, 3.05) is 7.11 Å². The van der Waals surface area contributed by atoms with Crippen molar-refractivity contribution < 1.29 is 4.74 Å². The predicted octanol–water partition coefficient (Wildman–Crippen LogP) is 4.23. The molecule has 0 unspecified atom stereocenters. The van der Waals surface area contributed by atoms with Gasteiger partial charge >= 0.3 is 0 Å². The van der Waals surface area contributed by atoms with Gasteiger partial charge in [-0.05, 0) is 35.4 Å². The largest absolute Gasteiger partial charge is 0.497 e. The van der Waals surface area contributed by atoms with Crippen LogP contribution in [-0.2, 0) is 6.54 Å². The molecule has 0 radical (unpaired) electrons. The number of benzene rings is 2. The Balaban J connectivity index is 1.98. The third-order valence-corrected chi connectivity index (χ3v) is 3.91. The summed E-state index contributed by atoms with van der Waals surface area (Å²) in [6.07, 6.45) is 1.82. The Bertz CT molecular complexity index is 852. The molecule has 0 aliphatic heterocycles. The Morgan fingerprint density at radius 1 is 1.00 bits per heavy atom. The van der Waals surface area contributed by atoms with E-state index in [4.69, 9.17) is 16.3 Å². The van der Waals surface area contributed by atoms with E-state index in [-0.39, 0.29) is 5.43 Å². The third kappa shape index (κ3) is 3.63. The first-order valence-corrected chi connectivity index (χ1v) is 7.63. The minimum absolute atomic E-state index is 0.0130. The number of nitrogens with zero attached hydrogens (tertiary/aromatic N) is 1. The molecule has 3 nitrogen and oxygen atoms in total. The van der Waals surface area contributed by atoms with Gasteiger partial charge < -0.3 is 9.30 Å². The summed E-state index contributed by atoms with van der Waals surface area (Å²) in [5.41, 5.74) is 2.94. The zero-order valence-corrected chi connectivity index (χ0v) is 13.5. The molecule has 1 heterocycles. The van der Waals surface area contributed by atoms with Gasteiger partial charge in [-0.25, -0.2) is 0 Å². The van der Waals surface area contributed by atoms with E-state index in [0.29, 0.717) is 11.6 Å². The second kappa shape index (κ2) is 6.71. The van der Waals surface area contributed by atoms with Gasteiger partial charge in [0, 0.05) is 29.9 Å². The highest BCUT2D eigenvalue weighted by molar-refractivity contribution is 6.30. The molecule has 2 aromatic carbocycles. The maximum Gasteiger partial charge on any atom is 0.182 e. The predicted molar refractivity (Wildman–Crippen MR) is 93.2 cm³/mol. The van der Waals surface area contributed by atoms with Gasteiger partial charge in [0.15, 0.2) is 5.43 Å². The molecule has 0 N–H and O–H groups in total. The SMILES string of the molecule is COc1ccc(Cn2ccc(=O)cc2-c2ccc(Cl)cc2)cc1. The second-order valence-corrected chi connectivity index (χ2v) is 5.67. The van der Waals surface area contributed by atoms with Gasteiger partial charge in [0.1, 0.15) is 5.75 Å². The van der Waals surface area contributed by atoms with Crippen LogP contribution in [-0.4, -0.2) is 11.7 Å². The summed E-state index contributed by atoms with van der Waals surface area (Å²) in [5.74, 6) is 0.826. The molecule has 0 atom stereocenters. The van der Waals surface area contributed by atoms with Crippen molar-refractivity contribution in [2.45, 2.75) is 6.54 Å². The van der Waals surface area contributed by atoms with E-state index in [0.717, 1.165) is 22.6 Å². The average Bonchev–Trinajstić information content (AvgIpc) is 2.58. The number of halogens is 1. The summed E-state index contributed by atoms with van der Waals surface area (Å²) in [5, 5.41) is 0.675. The first kappa shape index (κ1) is 15.4. The summed E-state index contributed by atoms with van der Waals surface area (Å²) in [6.45, 7) is 0.669. The summed E-state index contributed by atoms with van der Waals surface area (Å²) in [4.78, 5) is 11.8. The van der Waals surface area contributed by atoms with Crippen LogP contribution in [0.1, 0.15) is 5.56 Å². The van der Waals surface area contributed by atoms with Gasteiger partial charge in [-0.3, -0.25) is 4.79 Å². The van der Waals surface area contributed by atoms with Crippen molar-refractivity contribution in [3.63, 3.8) is 0 Å². The standard InChI is InChI=1S/C19H16ClNO2/c1-23-18-8-2-14(3-9-18)13-21-11-10-17(22)12-19(21)15-4-6-16(20)7-5-15/h2-12H,13H2,1H3. The molecular weight excluding hydrogens is 310 g/mol. The van der Waals surface area contributed by atoms with E-state index in [1.807, 2.05) is 59.3 Å². The Labute approximate surface area is 139 Å². The first-order chi connectivity index (χ1) is 11.2. The minimum Gasteiger partial charge on any atom is -0.497 e. The lowest BCUT2D eigenvalue weighted by molar-refractivity contribution is 0.414. The Morgan fingerprint density at radius 2 is 1.70 bits per heavy atom. The van der Waals surface area contributed by atoms with E-state index in [1.165, 1.54) is 0 Å². The Hall–Kier alpha value is -2.52. The molecule has 0 aliphatic carbocycles. The molecule has 0 fully saturated rings. The number of hydrogen-bond acceptors (Lipinski definition) is 2. The molecule has 0 spiro atoms. The number of hydrogen-bond donors (Lipinski definition) is 0. The molecule has 0 saturated carbocycles. The van der Waals surface area contributed by atoms with Gasteiger partial charge in [-0.15, -0.1) is 0 Å². The van der Waals surface area contributed by atoms with Crippen LogP contribution in [0, 0.1) is 0 Å². The van der Waals surface area contributed by atoms with Crippen molar-refractivity contribution in [3.8, 4) is 17.0 Å². The third-order valence-electron chi connectivity index (χ3n) is 3.66. The van der Waals surface area contributed by atoms with Gasteiger partial charge in [0.2, 0.25) is 0 Å². The fourth-order valence-corrected chi connectivity index (χ4v) is 2.57. The maximum absolute atomic E-state index is 11.8. The normalized spacial score (nSPS) is 10.5. The molecular formula is C19H16ClNO2. The first-order valence-electron chi connectivity index (χ1n) is 7.25. The molecule has 0 aliphatic rings. The molecule has 1 aromatic heterocycles. The fraction of sp³-hybridized carbons (Fsp3) is 0.105. The highest BCUT2D eigenvalue weighted by atomic mass is 35.5. The molecule has 116 valence electrons. The molecule has 3 rings (SSSR count). The second-order valence-electron chi connectivity index (χ2n) is 5.23. The maximum atomic E-state index is 11.8. The number of ether oxygens (including phenoxy) is 1. The topological polar surface area (TPSA) is 31.2 Å². The fourth-order valence-electron chi connectivity index (χ4n) is 2.44. The number of pyridine rings is 1. The van der Waals surface area contributed by atoms with Crippen LogP contribution in [0.2, 0.25) is 5.02 Å². The number of rotatable bonds is 4. The van der Waals surface area contributed by atoms with Crippen molar-refractivity contribution in [1.82, 2.24) is 4.57 Å². The van der Waals surface area contributed by atoms with Crippen molar-refractivity contribution >= 4 is 11.6 Å². The van der Waals surface area contributed by atoms with Crippen molar-refractivity contribution in [1.29, 1.82) is 0 Å². The monoisotopic (exact) mass is 325 g/mol. The van der Waals surface area contributed by atoms with Gasteiger partial charge in [0.05, 0.1) is 12.8 Å². The van der Waals surface area contributed by atoms with E-state index in [9.17, 15) is 4.79 Å². The molecule has 0 saturated heterocycles. The van der Waals surface area contributed by atoms with Crippen molar-refractivity contribution in [3.05, 3.63) is 87.7 Å². The zero-order chi connectivity index (χ0) is 16.2. The minimum atomic E-state index is -0.0130. The van der Waals surface area contributed by atoms with Crippen LogP contribution in [0.5, 0.6) is 5.75 Å². The number of aromatic nitrogens is 1. The van der Waals surface area contributed by atoms with Gasteiger partial charge in [-0.1, -0.05) is 35.9 Å². The smallest absolute Gasteiger partial charge is 0.182 e. The molecule has 0 amide bonds. The lowest BCUT2D eigenvalue weighted by Crippen LogP contribution is -2.09.